The fourth-order valence-electron chi connectivity index (χ4n) is 2.35. The van der Waals surface area contributed by atoms with Crippen LogP contribution < -0.4 is 10.6 Å². The summed E-state index contributed by atoms with van der Waals surface area (Å²) in [6.07, 6.45) is 0. The average Bonchev–Trinajstić information content (AvgIpc) is 3.28. The first-order valence-electron chi connectivity index (χ1n) is 8.36. The van der Waals surface area contributed by atoms with Crippen LogP contribution >= 0.6 is 35.3 Å². The summed E-state index contributed by atoms with van der Waals surface area (Å²) < 4.78 is 29.1. The molecule has 0 spiro atoms. The number of thiophene rings is 1. The summed E-state index contributed by atoms with van der Waals surface area (Å²) in [6.45, 7) is 2.86. The van der Waals surface area contributed by atoms with Crippen molar-refractivity contribution in [2.45, 2.75) is 26.6 Å². The Morgan fingerprint density at radius 1 is 1.18 bits per heavy atom. The molecule has 0 aliphatic heterocycles. The van der Waals surface area contributed by atoms with Crippen LogP contribution in [0.15, 0.2) is 40.7 Å². The molecule has 150 valence electrons. The van der Waals surface area contributed by atoms with E-state index < -0.39 is 11.6 Å². The number of hydrogen-bond acceptors (Lipinski definition) is 4. The highest BCUT2D eigenvalue weighted by Crippen LogP contribution is 2.11. The van der Waals surface area contributed by atoms with Gasteiger partial charge in [-0.3, -0.25) is 0 Å². The van der Waals surface area contributed by atoms with Crippen molar-refractivity contribution < 1.29 is 8.78 Å². The van der Waals surface area contributed by atoms with Crippen LogP contribution in [0, 0.1) is 18.6 Å². The Morgan fingerprint density at radius 2 is 1.96 bits per heavy atom. The van der Waals surface area contributed by atoms with Crippen molar-refractivity contribution in [1.29, 1.82) is 0 Å². The summed E-state index contributed by atoms with van der Waals surface area (Å²) in [5.74, 6) is 1.06. The lowest BCUT2D eigenvalue weighted by Gasteiger charge is -2.12. The third-order valence-corrected chi connectivity index (χ3v) is 4.90. The third-order valence-electron chi connectivity index (χ3n) is 4.02. The van der Waals surface area contributed by atoms with E-state index >= 15 is 0 Å². The minimum Gasteiger partial charge on any atom is -0.351 e. The number of rotatable bonds is 6. The molecule has 0 saturated heterocycles. The molecule has 1 aromatic carbocycles. The van der Waals surface area contributed by atoms with Gasteiger partial charge >= 0.3 is 0 Å². The Hall–Kier alpha value is -2.08. The second-order valence-corrected chi connectivity index (χ2v) is 6.94. The van der Waals surface area contributed by atoms with Gasteiger partial charge in [-0.1, -0.05) is 6.07 Å². The number of nitrogens with one attached hydrogen (secondary N) is 2. The maximum Gasteiger partial charge on any atom is 0.192 e. The van der Waals surface area contributed by atoms with Gasteiger partial charge < -0.3 is 15.2 Å². The molecule has 0 atom stereocenters. The topological polar surface area (TPSA) is 67.1 Å². The van der Waals surface area contributed by atoms with Crippen molar-refractivity contribution >= 4 is 41.3 Å². The van der Waals surface area contributed by atoms with Crippen molar-refractivity contribution in [3.05, 3.63) is 69.4 Å². The van der Waals surface area contributed by atoms with Gasteiger partial charge in [0, 0.05) is 17.5 Å². The third kappa shape index (κ3) is 5.96. The molecule has 0 fully saturated rings. The smallest absolute Gasteiger partial charge is 0.192 e. The highest BCUT2D eigenvalue weighted by atomic mass is 127. The van der Waals surface area contributed by atoms with Gasteiger partial charge in [-0.05, 0) is 36.6 Å². The predicted molar refractivity (Wildman–Crippen MR) is 117 cm³/mol. The van der Waals surface area contributed by atoms with Crippen LogP contribution in [0.1, 0.15) is 22.1 Å². The lowest BCUT2D eigenvalue weighted by molar-refractivity contribution is 0.585. The largest absolute Gasteiger partial charge is 0.351 e. The van der Waals surface area contributed by atoms with Crippen LogP contribution in [0.4, 0.5) is 8.78 Å². The quantitative estimate of drug-likeness (QED) is 0.298. The van der Waals surface area contributed by atoms with Crippen molar-refractivity contribution in [3.8, 4) is 0 Å². The summed E-state index contributed by atoms with van der Waals surface area (Å²) in [6, 6.07) is 7.33. The van der Waals surface area contributed by atoms with E-state index in [0.29, 0.717) is 19.0 Å². The molecule has 0 unspecified atom stereocenters. The molecule has 0 radical (unpaired) electrons. The van der Waals surface area contributed by atoms with Crippen LogP contribution in [0.25, 0.3) is 0 Å². The van der Waals surface area contributed by atoms with Gasteiger partial charge in [0.2, 0.25) is 0 Å². The van der Waals surface area contributed by atoms with Crippen LogP contribution in [-0.4, -0.2) is 20.7 Å². The fraction of sp³-hybridized carbons (Fsp3) is 0.278. The summed E-state index contributed by atoms with van der Waals surface area (Å²) in [7, 11) is 1.88. The maximum atomic E-state index is 13.8. The second kappa shape index (κ2) is 10.5. The van der Waals surface area contributed by atoms with Gasteiger partial charge in [0.1, 0.15) is 17.5 Å². The van der Waals surface area contributed by atoms with E-state index in [1.165, 1.54) is 0 Å². The number of halogens is 3. The molecule has 10 heteroatoms. The Bertz CT molecular complexity index is 926. The molecular weight excluding hydrogens is 497 g/mol. The number of hydrogen-bond donors (Lipinski definition) is 2. The Labute approximate surface area is 183 Å². The first-order valence-corrected chi connectivity index (χ1v) is 9.24. The van der Waals surface area contributed by atoms with Gasteiger partial charge in [-0.15, -0.1) is 45.5 Å². The molecule has 0 aliphatic rings. The van der Waals surface area contributed by atoms with E-state index in [2.05, 4.69) is 25.8 Å². The zero-order valence-corrected chi connectivity index (χ0v) is 18.6. The van der Waals surface area contributed by atoms with Crippen LogP contribution in [0.2, 0.25) is 0 Å². The van der Waals surface area contributed by atoms with Gasteiger partial charge in [-0.2, -0.15) is 0 Å². The number of aryl methyl sites for hydroxylation is 1. The van der Waals surface area contributed by atoms with Gasteiger partial charge in [0.15, 0.2) is 11.8 Å². The average molecular weight is 518 g/mol. The van der Waals surface area contributed by atoms with Gasteiger partial charge in [0.25, 0.3) is 0 Å². The zero-order chi connectivity index (χ0) is 19.2. The lowest BCUT2D eigenvalue weighted by atomic mass is 10.2. The minimum absolute atomic E-state index is 0. The molecule has 2 aromatic heterocycles. The van der Waals surface area contributed by atoms with E-state index in [1.54, 1.807) is 11.3 Å². The molecule has 0 amide bonds. The first kappa shape index (κ1) is 22.2. The molecule has 3 rings (SSSR count). The van der Waals surface area contributed by atoms with Gasteiger partial charge in [0.05, 0.1) is 19.6 Å². The summed E-state index contributed by atoms with van der Waals surface area (Å²) >= 11 is 1.62. The Balaban J connectivity index is 0.00000280. The number of guanidine groups is 1. The lowest BCUT2D eigenvalue weighted by Crippen LogP contribution is -2.37. The molecule has 0 bridgehead atoms. The van der Waals surface area contributed by atoms with Crippen LogP contribution in [0.5, 0.6) is 0 Å². The molecule has 0 saturated carbocycles. The molecule has 2 N–H and O–H groups in total. The van der Waals surface area contributed by atoms with E-state index in [4.69, 9.17) is 0 Å². The van der Waals surface area contributed by atoms with Crippen molar-refractivity contribution in [2.24, 2.45) is 12.0 Å². The molecule has 6 nitrogen and oxygen atoms in total. The standard InChI is InChI=1S/C18H20F2N6S.HI/c1-12-24-25-17(26(12)2)11-23-18(22-10-15-4-3-7-27-15)21-9-13-8-14(19)5-6-16(13)20;/h3-8H,9-11H2,1-2H3,(H2,21,22,23);1H. The molecule has 2 heterocycles. The highest BCUT2D eigenvalue weighted by Gasteiger charge is 2.08. The summed E-state index contributed by atoms with van der Waals surface area (Å²) in [5, 5.41) is 16.5. The predicted octanol–water partition coefficient (Wildman–Crippen LogP) is 3.52. The SMILES string of the molecule is Cc1nnc(CNC(=NCc2cc(F)ccc2F)NCc2cccs2)n1C.I. The van der Waals surface area contributed by atoms with E-state index in [0.717, 1.165) is 34.7 Å². The highest BCUT2D eigenvalue weighted by molar-refractivity contribution is 14.0. The number of aliphatic imine (C=N–C) groups is 1. The molecule has 0 aliphatic carbocycles. The Kier molecular flexibility index (Phi) is 8.30. The maximum absolute atomic E-state index is 13.8. The number of benzene rings is 1. The van der Waals surface area contributed by atoms with E-state index in [1.807, 2.05) is 36.1 Å². The molecule has 28 heavy (non-hydrogen) atoms. The molecule has 3 aromatic rings. The number of aromatic nitrogens is 3. The van der Waals surface area contributed by atoms with Crippen molar-refractivity contribution in [3.63, 3.8) is 0 Å². The zero-order valence-electron chi connectivity index (χ0n) is 15.4. The second-order valence-electron chi connectivity index (χ2n) is 5.91. The van der Waals surface area contributed by atoms with Crippen molar-refractivity contribution in [2.75, 3.05) is 0 Å². The van der Waals surface area contributed by atoms with Gasteiger partial charge in [-0.25, -0.2) is 13.8 Å². The van der Waals surface area contributed by atoms with Crippen LogP contribution in [0.3, 0.4) is 0 Å². The fourth-order valence-corrected chi connectivity index (χ4v) is 3.00. The first-order chi connectivity index (χ1) is 13.0. The van der Waals surface area contributed by atoms with Crippen LogP contribution in [-0.2, 0) is 26.7 Å². The monoisotopic (exact) mass is 518 g/mol. The van der Waals surface area contributed by atoms with E-state index in [9.17, 15) is 8.78 Å². The van der Waals surface area contributed by atoms with E-state index in [-0.39, 0.29) is 36.1 Å². The Morgan fingerprint density at radius 3 is 2.64 bits per heavy atom. The van der Waals surface area contributed by atoms with Crippen molar-refractivity contribution in [1.82, 2.24) is 25.4 Å². The summed E-state index contributed by atoms with van der Waals surface area (Å²) in [4.78, 5) is 5.52. The minimum atomic E-state index is -0.489. The number of nitrogens with zero attached hydrogens (tertiary/aromatic N) is 4. The summed E-state index contributed by atoms with van der Waals surface area (Å²) in [5.41, 5.74) is 0.196. The molecular formula is C18H21F2IN6S. The normalized spacial score (nSPS) is 11.2.